The molecule has 2 heteroatoms. The highest BCUT2D eigenvalue weighted by atomic mass is 16.5. The van der Waals surface area contributed by atoms with Crippen LogP contribution in [0.5, 0.6) is 0 Å². The van der Waals surface area contributed by atoms with Gasteiger partial charge in [0.05, 0.1) is 6.61 Å². The van der Waals surface area contributed by atoms with Gasteiger partial charge in [-0.1, -0.05) is 154 Å². The summed E-state index contributed by atoms with van der Waals surface area (Å²) in [5.41, 5.74) is 0. The maximum atomic E-state index is 11.9. The van der Waals surface area contributed by atoms with Gasteiger partial charge in [0, 0.05) is 6.42 Å². The van der Waals surface area contributed by atoms with Gasteiger partial charge in [0.25, 0.3) is 0 Å². The molecule has 0 spiro atoms. The van der Waals surface area contributed by atoms with Crippen LogP contribution in [-0.4, -0.2) is 12.6 Å². The van der Waals surface area contributed by atoms with E-state index in [0.29, 0.717) is 13.0 Å². The van der Waals surface area contributed by atoms with E-state index in [1.165, 1.54) is 148 Å². The number of unbranched alkanes of at least 4 members (excludes halogenated alkanes) is 23. The molecule has 0 N–H and O–H groups in total. The van der Waals surface area contributed by atoms with Crippen LogP contribution in [-0.2, 0) is 9.53 Å². The molecule has 0 bridgehead atoms. The molecule has 0 aromatic carbocycles. The molecule has 0 saturated carbocycles. The summed E-state index contributed by atoms with van der Waals surface area (Å²) in [7, 11) is 0. The summed E-state index contributed by atoms with van der Waals surface area (Å²) in [6, 6.07) is 0. The molecule has 0 unspecified atom stereocenters. The zero-order chi connectivity index (χ0) is 25.5. The number of hydrogen-bond acceptors (Lipinski definition) is 2. The number of carbonyl (C=O) groups excluding carboxylic acids is 1. The van der Waals surface area contributed by atoms with Crippen LogP contribution in [0.25, 0.3) is 0 Å². The van der Waals surface area contributed by atoms with Crippen LogP contribution in [0.3, 0.4) is 0 Å². The van der Waals surface area contributed by atoms with Crippen molar-refractivity contribution in [2.24, 2.45) is 0 Å². The summed E-state index contributed by atoms with van der Waals surface area (Å²) in [5, 5.41) is 0. The zero-order valence-electron chi connectivity index (χ0n) is 24.3. The van der Waals surface area contributed by atoms with Crippen molar-refractivity contribution in [3.63, 3.8) is 0 Å². The van der Waals surface area contributed by atoms with E-state index in [-0.39, 0.29) is 5.97 Å². The fraction of sp³-hybridized carbons (Fsp3) is 0.909. The minimum Gasteiger partial charge on any atom is -0.466 e. The van der Waals surface area contributed by atoms with Gasteiger partial charge in [-0.2, -0.15) is 0 Å². The molecule has 0 aromatic rings. The standard InChI is InChI=1S/C33H64O2/c1-3-5-7-9-11-13-15-17-19-21-23-25-27-29-31-33(34)35-32-30-28-26-24-22-20-18-16-14-12-10-8-6-4-2/h15,17H,3-14,16,18-32H2,1-2H3/b17-15-. The normalized spacial score (nSPS) is 11.5. The van der Waals surface area contributed by atoms with Crippen molar-refractivity contribution in [2.45, 2.75) is 187 Å². The lowest BCUT2D eigenvalue weighted by molar-refractivity contribution is -0.143. The number of allylic oxidation sites excluding steroid dienone is 2. The van der Waals surface area contributed by atoms with E-state index >= 15 is 0 Å². The Morgan fingerprint density at radius 1 is 0.457 bits per heavy atom. The number of carbonyl (C=O) groups is 1. The summed E-state index contributed by atoms with van der Waals surface area (Å²) in [5.74, 6) is 0.0153. The van der Waals surface area contributed by atoms with E-state index in [1.54, 1.807) is 0 Å². The Bertz CT molecular complexity index is 429. The van der Waals surface area contributed by atoms with Crippen LogP contribution < -0.4 is 0 Å². The van der Waals surface area contributed by atoms with Crippen molar-refractivity contribution in [2.75, 3.05) is 6.61 Å². The predicted molar refractivity (Wildman–Crippen MR) is 156 cm³/mol. The molecule has 35 heavy (non-hydrogen) atoms. The molecule has 0 fully saturated rings. The Labute approximate surface area is 221 Å². The summed E-state index contributed by atoms with van der Waals surface area (Å²) in [6.07, 6.45) is 39.7. The van der Waals surface area contributed by atoms with Gasteiger partial charge >= 0.3 is 5.97 Å². The predicted octanol–water partition coefficient (Wildman–Crippen LogP) is 11.7. The highest BCUT2D eigenvalue weighted by Crippen LogP contribution is 2.13. The summed E-state index contributed by atoms with van der Waals surface area (Å²) < 4.78 is 5.41. The second-order valence-corrected chi connectivity index (χ2v) is 10.8. The summed E-state index contributed by atoms with van der Waals surface area (Å²) >= 11 is 0. The number of esters is 1. The first-order chi connectivity index (χ1) is 17.3. The van der Waals surface area contributed by atoms with Gasteiger partial charge in [0.15, 0.2) is 0 Å². The molecule has 0 saturated heterocycles. The van der Waals surface area contributed by atoms with Crippen molar-refractivity contribution < 1.29 is 9.53 Å². The van der Waals surface area contributed by atoms with E-state index < -0.39 is 0 Å². The van der Waals surface area contributed by atoms with Crippen molar-refractivity contribution in [1.29, 1.82) is 0 Å². The lowest BCUT2D eigenvalue weighted by atomic mass is 10.0. The van der Waals surface area contributed by atoms with Gasteiger partial charge in [-0.15, -0.1) is 0 Å². The van der Waals surface area contributed by atoms with Gasteiger partial charge < -0.3 is 4.74 Å². The molecule has 0 aliphatic rings. The topological polar surface area (TPSA) is 26.3 Å². The second-order valence-electron chi connectivity index (χ2n) is 10.8. The highest BCUT2D eigenvalue weighted by Gasteiger charge is 2.02. The molecular formula is C33H64O2. The van der Waals surface area contributed by atoms with Crippen LogP contribution in [0, 0.1) is 0 Å². The first kappa shape index (κ1) is 34.2. The number of rotatable bonds is 29. The summed E-state index contributed by atoms with van der Waals surface area (Å²) in [4.78, 5) is 11.9. The zero-order valence-corrected chi connectivity index (χ0v) is 24.3. The monoisotopic (exact) mass is 492 g/mol. The number of hydrogen-bond donors (Lipinski definition) is 0. The second kappa shape index (κ2) is 31.2. The quantitative estimate of drug-likeness (QED) is 0.0589. The molecule has 0 amide bonds. The third kappa shape index (κ3) is 31.2. The first-order valence-corrected chi connectivity index (χ1v) is 16.1. The Morgan fingerprint density at radius 3 is 1.23 bits per heavy atom. The highest BCUT2D eigenvalue weighted by molar-refractivity contribution is 5.69. The molecule has 0 radical (unpaired) electrons. The summed E-state index contributed by atoms with van der Waals surface area (Å²) in [6.45, 7) is 5.18. The van der Waals surface area contributed by atoms with Crippen LogP contribution in [0.2, 0.25) is 0 Å². The third-order valence-electron chi connectivity index (χ3n) is 7.15. The van der Waals surface area contributed by atoms with E-state index in [0.717, 1.165) is 19.3 Å². The molecule has 2 nitrogen and oxygen atoms in total. The van der Waals surface area contributed by atoms with E-state index in [2.05, 4.69) is 26.0 Å². The van der Waals surface area contributed by atoms with Gasteiger partial charge in [0.2, 0.25) is 0 Å². The average molecular weight is 493 g/mol. The Balaban J connectivity index is 3.18. The maximum absolute atomic E-state index is 11.9. The molecule has 0 heterocycles. The molecule has 0 rings (SSSR count). The maximum Gasteiger partial charge on any atom is 0.305 e. The van der Waals surface area contributed by atoms with E-state index in [4.69, 9.17) is 4.74 Å². The molecule has 0 atom stereocenters. The molecular weight excluding hydrogens is 428 g/mol. The Kier molecular flexibility index (Phi) is 30.5. The third-order valence-corrected chi connectivity index (χ3v) is 7.15. The molecule has 208 valence electrons. The van der Waals surface area contributed by atoms with Crippen LogP contribution in [0.15, 0.2) is 12.2 Å². The Hall–Kier alpha value is -0.790. The molecule has 0 aliphatic heterocycles. The van der Waals surface area contributed by atoms with Crippen molar-refractivity contribution >= 4 is 5.97 Å². The van der Waals surface area contributed by atoms with Gasteiger partial charge in [-0.05, 0) is 38.5 Å². The lowest BCUT2D eigenvalue weighted by Crippen LogP contribution is -2.05. The van der Waals surface area contributed by atoms with E-state index in [9.17, 15) is 4.79 Å². The molecule has 0 aliphatic carbocycles. The van der Waals surface area contributed by atoms with Gasteiger partial charge in [0.1, 0.15) is 0 Å². The van der Waals surface area contributed by atoms with Gasteiger partial charge in [-0.3, -0.25) is 4.79 Å². The lowest BCUT2D eigenvalue weighted by Gasteiger charge is -2.05. The first-order valence-electron chi connectivity index (χ1n) is 16.1. The van der Waals surface area contributed by atoms with E-state index in [1.807, 2.05) is 0 Å². The van der Waals surface area contributed by atoms with Crippen molar-refractivity contribution in [1.82, 2.24) is 0 Å². The average Bonchev–Trinajstić information content (AvgIpc) is 2.86. The minimum absolute atomic E-state index is 0.0153. The number of ether oxygens (including phenoxy) is 1. The van der Waals surface area contributed by atoms with Crippen LogP contribution >= 0.6 is 0 Å². The van der Waals surface area contributed by atoms with Crippen molar-refractivity contribution in [3.05, 3.63) is 12.2 Å². The molecule has 0 aromatic heterocycles. The smallest absolute Gasteiger partial charge is 0.305 e. The van der Waals surface area contributed by atoms with Crippen LogP contribution in [0.4, 0.5) is 0 Å². The largest absolute Gasteiger partial charge is 0.466 e. The minimum atomic E-state index is 0.0153. The van der Waals surface area contributed by atoms with Crippen molar-refractivity contribution in [3.8, 4) is 0 Å². The fourth-order valence-corrected chi connectivity index (χ4v) is 4.72. The fourth-order valence-electron chi connectivity index (χ4n) is 4.72. The van der Waals surface area contributed by atoms with Crippen LogP contribution in [0.1, 0.15) is 187 Å². The van der Waals surface area contributed by atoms with Gasteiger partial charge in [-0.25, -0.2) is 0 Å². The SMILES string of the molecule is CCCCCCC/C=C\CCCCCCCC(=O)OCCCCCCCCCCCCCCCC. The Morgan fingerprint density at radius 2 is 0.800 bits per heavy atom.